The van der Waals surface area contributed by atoms with Gasteiger partial charge in [-0.2, -0.15) is 0 Å². The van der Waals surface area contributed by atoms with Crippen molar-refractivity contribution in [2.24, 2.45) is 4.99 Å². The monoisotopic (exact) mass is 373 g/mol. The molecule has 1 N–H and O–H groups in total. The maximum Gasteiger partial charge on any atom is 0.280 e. The number of furan rings is 1. The van der Waals surface area contributed by atoms with Crippen LogP contribution >= 0.6 is 0 Å². The van der Waals surface area contributed by atoms with Gasteiger partial charge >= 0.3 is 0 Å². The molecule has 2 heterocycles. The Morgan fingerprint density at radius 3 is 2.61 bits per heavy atom. The summed E-state index contributed by atoms with van der Waals surface area (Å²) in [7, 11) is 0. The van der Waals surface area contributed by atoms with Crippen LogP contribution in [0, 0.1) is 0 Å². The summed E-state index contributed by atoms with van der Waals surface area (Å²) in [5.41, 5.74) is 3.82. The van der Waals surface area contributed by atoms with Gasteiger partial charge in [0, 0.05) is 22.8 Å². The number of rotatable bonds is 5. The Hall–Kier alpha value is -3.18. The normalized spacial score (nSPS) is 12.3. The summed E-state index contributed by atoms with van der Waals surface area (Å²) >= 11 is 0. The van der Waals surface area contributed by atoms with Gasteiger partial charge in [-0.15, -0.1) is 0 Å². The van der Waals surface area contributed by atoms with Crippen molar-refractivity contribution < 1.29 is 9.21 Å². The van der Waals surface area contributed by atoms with E-state index in [-0.39, 0.29) is 5.91 Å². The maximum atomic E-state index is 12.3. The van der Waals surface area contributed by atoms with Crippen LogP contribution in [0.4, 0.5) is 0 Å². The largest absolute Gasteiger partial charge is 0.472 e. The summed E-state index contributed by atoms with van der Waals surface area (Å²) in [6.45, 7) is 7.29. The van der Waals surface area contributed by atoms with E-state index in [2.05, 4.69) is 53.0 Å². The molecule has 0 atom stereocenters. The number of hydrogen-bond acceptors (Lipinski definition) is 3. The third kappa shape index (κ3) is 3.49. The van der Waals surface area contributed by atoms with Gasteiger partial charge in [-0.05, 0) is 36.9 Å². The van der Waals surface area contributed by atoms with E-state index in [1.165, 1.54) is 23.5 Å². The number of benzene rings is 1. The molecule has 0 spiro atoms. The number of amides is 1. The van der Waals surface area contributed by atoms with Gasteiger partial charge in [0.1, 0.15) is 6.26 Å². The highest BCUT2D eigenvalue weighted by atomic mass is 16.3. The molecule has 4 aromatic rings. The van der Waals surface area contributed by atoms with Crippen molar-refractivity contribution in [3.05, 3.63) is 77.5 Å². The number of carbonyl (C=O) groups excluding carboxylic acids is 1. The number of H-pyrrole nitrogens is 1. The Labute approximate surface area is 163 Å². The topological polar surface area (TPSA) is 61.6 Å². The average molecular weight is 373 g/mol. The number of fused-ring (bicyclic) bond motifs is 3. The van der Waals surface area contributed by atoms with E-state index in [1.807, 2.05) is 18.2 Å². The van der Waals surface area contributed by atoms with Gasteiger partial charge in [-0.25, -0.2) is 4.99 Å². The lowest BCUT2D eigenvalue weighted by Gasteiger charge is -2.18. The SMILES string of the molecule is CCN(CC)Cc1cccc2c1[nH]c1cc(=NC(=O)c3ccoc3)cccc12. The molecule has 4 rings (SSSR count). The third-order valence-corrected chi connectivity index (χ3v) is 5.10. The highest BCUT2D eigenvalue weighted by Crippen LogP contribution is 2.27. The molecule has 2 aromatic carbocycles. The zero-order chi connectivity index (χ0) is 19.5. The summed E-state index contributed by atoms with van der Waals surface area (Å²) in [5, 5.41) is 2.91. The molecule has 5 heteroatoms. The molecule has 0 fully saturated rings. The lowest BCUT2D eigenvalue weighted by molar-refractivity contribution is 0.0998. The molecule has 1 amide bonds. The fourth-order valence-corrected chi connectivity index (χ4v) is 3.51. The van der Waals surface area contributed by atoms with E-state index >= 15 is 0 Å². The van der Waals surface area contributed by atoms with Crippen LogP contribution in [-0.2, 0) is 6.54 Å². The molecular formula is C23H23N3O2. The van der Waals surface area contributed by atoms with Gasteiger partial charge in [0.25, 0.3) is 5.91 Å². The zero-order valence-electron chi connectivity index (χ0n) is 16.1. The summed E-state index contributed by atoms with van der Waals surface area (Å²) in [5.74, 6) is -0.313. The molecule has 0 radical (unpaired) electrons. The molecular weight excluding hydrogens is 350 g/mol. The predicted octanol–water partition coefficient (Wildman–Crippen LogP) is 4.50. The second kappa shape index (κ2) is 7.82. The highest BCUT2D eigenvalue weighted by Gasteiger charge is 2.10. The minimum Gasteiger partial charge on any atom is -0.472 e. The van der Waals surface area contributed by atoms with Crippen molar-refractivity contribution in [1.82, 2.24) is 9.88 Å². The molecule has 0 unspecified atom stereocenters. The standard InChI is InChI=1S/C23H23N3O2/c1-3-26(4-2)14-16-7-5-10-20-19-9-6-8-18(13-21(19)25-22(16)20)24-23(27)17-11-12-28-15-17/h5-13,15,25H,3-4,14H2,1-2H3. The van der Waals surface area contributed by atoms with Gasteiger partial charge in [-0.3, -0.25) is 9.69 Å². The van der Waals surface area contributed by atoms with Crippen LogP contribution in [0.5, 0.6) is 0 Å². The number of para-hydroxylation sites is 1. The van der Waals surface area contributed by atoms with Gasteiger partial charge in [0.2, 0.25) is 0 Å². The first-order chi connectivity index (χ1) is 13.7. The fraction of sp³-hybridized carbons (Fsp3) is 0.217. The summed E-state index contributed by atoms with van der Waals surface area (Å²) in [4.78, 5) is 22.5. The molecule has 0 bridgehead atoms. The van der Waals surface area contributed by atoms with Crippen LogP contribution in [0.15, 0.2) is 70.5 Å². The Morgan fingerprint density at radius 2 is 1.86 bits per heavy atom. The number of nitrogens with zero attached hydrogens (tertiary/aromatic N) is 2. The predicted molar refractivity (Wildman–Crippen MR) is 111 cm³/mol. The molecule has 0 saturated carbocycles. The Bertz CT molecular complexity index is 1190. The van der Waals surface area contributed by atoms with Crippen LogP contribution in [0.3, 0.4) is 0 Å². The van der Waals surface area contributed by atoms with Crippen molar-refractivity contribution in [2.45, 2.75) is 20.4 Å². The first-order valence-corrected chi connectivity index (χ1v) is 9.57. The molecule has 2 aromatic heterocycles. The molecule has 0 aliphatic rings. The summed E-state index contributed by atoms with van der Waals surface area (Å²) < 4.78 is 4.97. The minimum absolute atomic E-state index is 0.313. The Balaban J connectivity index is 1.83. The maximum absolute atomic E-state index is 12.3. The first-order valence-electron chi connectivity index (χ1n) is 9.57. The fourth-order valence-electron chi connectivity index (χ4n) is 3.51. The lowest BCUT2D eigenvalue weighted by Crippen LogP contribution is -2.22. The van der Waals surface area contributed by atoms with E-state index in [0.717, 1.165) is 36.1 Å². The van der Waals surface area contributed by atoms with Crippen molar-refractivity contribution in [1.29, 1.82) is 0 Å². The lowest BCUT2D eigenvalue weighted by atomic mass is 10.1. The van der Waals surface area contributed by atoms with Crippen LogP contribution < -0.4 is 5.36 Å². The van der Waals surface area contributed by atoms with E-state index in [9.17, 15) is 4.79 Å². The van der Waals surface area contributed by atoms with Crippen LogP contribution in [0.25, 0.3) is 21.8 Å². The second-order valence-corrected chi connectivity index (χ2v) is 6.78. The van der Waals surface area contributed by atoms with Crippen molar-refractivity contribution in [3.8, 4) is 0 Å². The van der Waals surface area contributed by atoms with Crippen molar-refractivity contribution in [3.63, 3.8) is 0 Å². The quantitative estimate of drug-likeness (QED) is 0.560. The van der Waals surface area contributed by atoms with Gasteiger partial charge < -0.3 is 9.40 Å². The van der Waals surface area contributed by atoms with Gasteiger partial charge in [0.15, 0.2) is 0 Å². The first kappa shape index (κ1) is 18.2. The smallest absolute Gasteiger partial charge is 0.280 e. The Kier molecular flexibility index (Phi) is 5.08. The van der Waals surface area contributed by atoms with Crippen molar-refractivity contribution >= 4 is 27.7 Å². The number of aromatic nitrogens is 1. The van der Waals surface area contributed by atoms with E-state index in [1.54, 1.807) is 6.07 Å². The second-order valence-electron chi connectivity index (χ2n) is 6.78. The van der Waals surface area contributed by atoms with Crippen LogP contribution in [0.1, 0.15) is 29.8 Å². The van der Waals surface area contributed by atoms with E-state index in [4.69, 9.17) is 4.42 Å². The number of carbonyl (C=O) groups is 1. The van der Waals surface area contributed by atoms with Crippen molar-refractivity contribution in [2.75, 3.05) is 13.1 Å². The molecule has 5 nitrogen and oxygen atoms in total. The van der Waals surface area contributed by atoms with E-state index in [0.29, 0.717) is 10.9 Å². The molecule has 0 saturated heterocycles. The van der Waals surface area contributed by atoms with Gasteiger partial charge in [0.05, 0.1) is 22.7 Å². The number of aromatic amines is 1. The average Bonchev–Trinajstić information content (AvgIpc) is 3.31. The Morgan fingerprint density at radius 1 is 1.07 bits per heavy atom. The number of nitrogens with one attached hydrogen (secondary N) is 1. The van der Waals surface area contributed by atoms with E-state index < -0.39 is 0 Å². The third-order valence-electron chi connectivity index (χ3n) is 5.10. The summed E-state index contributed by atoms with van der Waals surface area (Å²) in [6, 6.07) is 15.8. The molecule has 28 heavy (non-hydrogen) atoms. The molecule has 142 valence electrons. The molecule has 0 aliphatic heterocycles. The summed E-state index contributed by atoms with van der Waals surface area (Å²) in [6.07, 6.45) is 2.88. The van der Waals surface area contributed by atoms with Crippen LogP contribution in [-0.4, -0.2) is 28.9 Å². The zero-order valence-corrected chi connectivity index (χ0v) is 16.1. The molecule has 0 aliphatic carbocycles. The highest BCUT2D eigenvalue weighted by molar-refractivity contribution is 6.08. The van der Waals surface area contributed by atoms with Crippen LogP contribution in [0.2, 0.25) is 0 Å². The number of hydrogen-bond donors (Lipinski definition) is 1. The van der Waals surface area contributed by atoms with Gasteiger partial charge in [-0.1, -0.05) is 44.2 Å². The minimum atomic E-state index is -0.313.